The molecule has 0 aliphatic rings. The maximum atomic E-state index is 6.03. The van der Waals surface area contributed by atoms with Crippen molar-refractivity contribution in [3.63, 3.8) is 0 Å². The summed E-state index contributed by atoms with van der Waals surface area (Å²) in [5.74, 6) is 1.31. The van der Waals surface area contributed by atoms with E-state index in [-0.39, 0.29) is 6.04 Å². The van der Waals surface area contributed by atoms with Crippen LogP contribution in [0.1, 0.15) is 56.7 Å². The Morgan fingerprint density at radius 2 is 2.00 bits per heavy atom. The second kappa shape index (κ2) is 5.94. The van der Waals surface area contributed by atoms with Crippen LogP contribution in [0.3, 0.4) is 0 Å². The summed E-state index contributed by atoms with van der Waals surface area (Å²) >= 11 is 0. The normalized spacial score (nSPS) is 13.1. The van der Waals surface area contributed by atoms with Crippen molar-refractivity contribution in [1.29, 1.82) is 0 Å². The van der Waals surface area contributed by atoms with Crippen LogP contribution >= 0.6 is 0 Å². The fraction of sp³-hybridized carbons (Fsp3) is 0.692. The zero-order valence-corrected chi connectivity index (χ0v) is 10.8. The highest BCUT2D eigenvalue weighted by atomic mass is 14.9. The molecule has 0 radical (unpaired) electrons. The van der Waals surface area contributed by atoms with Crippen LogP contribution in [0.15, 0.2) is 6.07 Å². The van der Waals surface area contributed by atoms with Crippen LogP contribution in [-0.4, -0.2) is 16.0 Å². The molecule has 0 amide bonds. The summed E-state index contributed by atoms with van der Waals surface area (Å²) in [4.78, 5) is 9.00. The maximum absolute atomic E-state index is 6.03. The SMILES string of the molecule is CCCC(N)Cc1cc(C)nc(C(C)C)n1. The summed E-state index contributed by atoms with van der Waals surface area (Å²) in [7, 11) is 0. The second-order valence-electron chi connectivity index (χ2n) is 4.77. The smallest absolute Gasteiger partial charge is 0.131 e. The van der Waals surface area contributed by atoms with E-state index in [1.54, 1.807) is 0 Å². The van der Waals surface area contributed by atoms with E-state index < -0.39 is 0 Å². The molecular formula is C13H23N3. The van der Waals surface area contributed by atoms with Gasteiger partial charge < -0.3 is 5.73 Å². The topological polar surface area (TPSA) is 51.8 Å². The fourth-order valence-corrected chi connectivity index (χ4v) is 1.76. The average molecular weight is 221 g/mol. The summed E-state index contributed by atoms with van der Waals surface area (Å²) in [5, 5.41) is 0. The maximum Gasteiger partial charge on any atom is 0.131 e. The predicted octanol–water partition coefficient (Wildman–Crippen LogP) is 2.58. The zero-order valence-electron chi connectivity index (χ0n) is 10.8. The molecule has 0 spiro atoms. The van der Waals surface area contributed by atoms with Gasteiger partial charge in [0, 0.05) is 29.8 Å². The summed E-state index contributed by atoms with van der Waals surface area (Å²) in [6, 6.07) is 2.26. The van der Waals surface area contributed by atoms with Crippen molar-refractivity contribution in [3.05, 3.63) is 23.3 Å². The van der Waals surface area contributed by atoms with E-state index in [4.69, 9.17) is 5.73 Å². The number of hydrogen-bond donors (Lipinski definition) is 1. The summed E-state index contributed by atoms with van der Waals surface area (Å²) < 4.78 is 0. The van der Waals surface area contributed by atoms with E-state index in [0.29, 0.717) is 5.92 Å². The summed E-state index contributed by atoms with van der Waals surface area (Å²) in [6.07, 6.45) is 3.04. The average Bonchev–Trinajstić information content (AvgIpc) is 2.16. The third kappa shape index (κ3) is 3.89. The first kappa shape index (κ1) is 13.1. The molecule has 1 rings (SSSR count). The number of nitrogens with two attached hydrogens (primary N) is 1. The molecule has 0 aromatic carbocycles. The molecule has 0 aliphatic heterocycles. The summed E-state index contributed by atoms with van der Waals surface area (Å²) in [6.45, 7) is 8.40. The van der Waals surface area contributed by atoms with Crippen molar-refractivity contribution in [2.75, 3.05) is 0 Å². The molecule has 90 valence electrons. The van der Waals surface area contributed by atoms with Crippen LogP contribution in [0.25, 0.3) is 0 Å². The lowest BCUT2D eigenvalue weighted by Crippen LogP contribution is -2.23. The van der Waals surface area contributed by atoms with Crippen LogP contribution in [-0.2, 0) is 6.42 Å². The number of hydrogen-bond acceptors (Lipinski definition) is 3. The highest BCUT2D eigenvalue weighted by Crippen LogP contribution is 2.12. The lowest BCUT2D eigenvalue weighted by Gasteiger charge is -2.12. The van der Waals surface area contributed by atoms with Crippen LogP contribution in [0.5, 0.6) is 0 Å². The molecule has 1 unspecified atom stereocenters. The molecule has 1 heterocycles. The van der Waals surface area contributed by atoms with E-state index >= 15 is 0 Å². The fourth-order valence-electron chi connectivity index (χ4n) is 1.76. The Morgan fingerprint density at radius 3 is 2.56 bits per heavy atom. The molecule has 16 heavy (non-hydrogen) atoms. The first-order valence-corrected chi connectivity index (χ1v) is 6.13. The van der Waals surface area contributed by atoms with Gasteiger partial charge in [-0.2, -0.15) is 0 Å². The molecule has 1 aromatic rings. The van der Waals surface area contributed by atoms with Gasteiger partial charge in [0.1, 0.15) is 5.82 Å². The molecule has 0 aliphatic carbocycles. The van der Waals surface area contributed by atoms with Crippen molar-refractivity contribution in [2.24, 2.45) is 5.73 Å². The Bertz CT molecular complexity index is 334. The lowest BCUT2D eigenvalue weighted by molar-refractivity contribution is 0.588. The molecule has 0 bridgehead atoms. The molecule has 0 saturated heterocycles. The molecule has 1 aromatic heterocycles. The third-order valence-corrected chi connectivity index (χ3v) is 2.57. The number of nitrogens with zero attached hydrogens (tertiary/aromatic N) is 2. The van der Waals surface area contributed by atoms with Gasteiger partial charge in [0.2, 0.25) is 0 Å². The van der Waals surface area contributed by atoms with E-state index in [1.165, 1.54) is 0 Å². The zero-order chi connectivity index (χ0) is 12.1. The van der Waals surface area contributed by atoms with E-state index in [2.05, 4.69) is 30.7 Å². The van der Waals surface area contributed by atoms with Crippen molar-refractivity contribution in [3.8, 4) is 0 Å². The van der Waals surface area contributed by atoms with E-state index in [0.717, 1.165) is 36.5 Å². The molecule has 2 N–H and O–H groups in total. The Morgan fingerprint density at radius 1 is 1.31 bits per heavy atom. The third-order valence-electron chi connectivity index (χ3n) is 2.57. The van der Waals surface area contributed by atoms with Gasteiger partial charge in [0.25, 0.3) is 0 Å². The predicted molar refractivity (Wildman–Crippen MR) is 67.4 cm³/mol. The quantitative estimate of drug-likeness (QED) is 0.831. The Balaban J connectivity index is 2.80. The van der Waals surface area contributed by atoms with Crippen LogP contribution in [0, 0.1) is 6.92 Å². The highest BCUT2D eigenvalue weighted by molar-refractivity contribution is 5.12. The monoisotopic (exact) mass is 221 g/mol. The Hall–Kier alpha value is -0.960. The van der Waals surface area contributed by atoms with E-state index in [1.807, 2.05) is 13.0 Å². The van der Waals surface area contributed by atoms with Gasteiger partial charge in [0.15, 0.2) is 0 Å². The summed E-state index contributed by atoms with van der Waals surface area (Å²) in [5.41, 5.74) is 8.15. The molecule has 3 heteroatoms. The van der Waals surface area contributed by atoms with Gasteiger partial charge in [-0.3, -0.25) is 0 Å². The van der Waals surface area contributed by atoms with Crippen LogP contribution in [0.4, 0.5) is 0 Å². The van der Waals surface area contributed by atoms with Gasteiger partial charge in [-0.05, 0) is 19.4 Å². The van der Waals surface area contributed by atoms with Gasteiger partial charge in [-0.1, -0.05) is 27.2 Å². The van der Waals surface area contributed by atoms with Crippen molar-refractivity contribution in [1.82, 2.24) is 9.97 Å². The molecule has 1 atom stereocenters. The van der Waals surface area contributed by atoms with Gasteiger partial charge in [-0.15, -0.1) is 0 Å². The standard InChI is InChI=1S/C13H23N3/c1-5-6-11(14)8-12-7-10(4)15-13(16-12)9(2)3/h7,9,11H,5-6,8,14H2,1-4H3. The van der Waals surface area contributed by atoms with Gasteiger partial charge in [-0.25, -0.2) is 9.97 Å². The minimum absolute atomic E-state index is 0.222. The largest absolute Gasteiger partial charge is 0.327 e. The number of rotatable bonds is 5. The van der Waals surface area contributed by atoms with Crippen molar-refractivity contribution in [2.45, 2.75) is 58.9 Å². The van der Waals surface area contributed by atoms with Gasteiger partial charge >= 0.3 is 0 Å². The molecular weight excluding hydrogens is 198 g/mol. The Kier molecular flexibility index (Phi) is 4.87. The van der Waals surface area contributed by atoms with E-state index in [9.17, 15) is 0 Å². The number of aryl methyl sites for hydroxylation is 1. The second-order valence-corrected chi connectivity index (χ2v) is 4.77. The van der Waals surface area contributed by atoms with Crippen molar-refractivity contribution >= 4 is 0 Å². The molecule has 0 saturated carbocycles. The highest BCUT2D eigenvalue weighted by Gasteiger charge is 2.09. The minimum atomic E-state index is 0.222. The lowest BCUT2D eigenvalue weighted by atomic mass is 10.1. The van der Waals surface area contributed by atoms with Crippen molar-refractivity contribution < 1.29 is 0 Å². The van der Waals surface area contributed by atoms with Crippen LogP contribution < -0.4 is 5.73 Å². The van der Waals surface area contributed by atoms with Crippen LogP contribution in [0.2, 0.25) is 0 Å². The molecule has 0 fully saturated rings. The molecule has 3 nitrogen and oxygen atoms in total. The minimum Gasteiger partial charge on any atom is -0.327 e. The van der Waals surface area contributed by atoms with Gasteiger partial charge in [0.05, 0.1) is 0 Å². The first-order chi connectivity index (χ1) is 7.52. The Labute approximate surface area is 98.5 Å². The number of aromatic nitrogens is 2. The first-order valence-electron chi connectivity index (χ1n) is 6.13.